The van der Waals surface area contributed by atoms with Gasteiger partial charge in [0.25, 0.3) is 0 Å². The standard InChI is InChI=1S/C12H19N5O/c1-8-10(9(2)17(3)16-8)5-6-11-13-12(7-18-4)15-14-11/h5-7H2,1-4H3,(H,13,14,15). The van der Waals surface area contributed by atoms with Crippen LogP contribution in [0.2, 0.25) is 0 Å². The van der Waals surface area contributed by atoms with Gasteiger partial charge in [-0.15, -0.1) is 0 Å². The molecule has 0 saturated heterocycles. The summed E-state index contributed by atoms with van der Waals surface area (Å²) in [7, 11) is 3.61. The van der Waals surface area contributed by atoms with Gasteiger partial charge in [-0.05, 0) is 25.8 Å². The van der Waals surface area contributed by atoms with Crippen molar-refractivity contribution in [1.82, 2.24) is 25.0 Å². The van der Waals surface area contributed by atoms with Crippen LogP contribution in [-0.2, 0) is 31.2 Å². The smallest absolute Gasteiger partial charge is 0.151 e. The van der Waals surface area contributed by atoms with Gasteiger partial charge in [0, 0.05) is 26.3 Å². The molecule has 0 radical (unpaired) electrons. The van der Waals surface area contributed by atoms with Crippen molar-refractivity contribution >= 4 is 0 Å². The third-order valence-corrected chi connectivity index (χ3v) is 3.12. The predicted octanol–water partition coefficient (Wildman–Crippen LogP) is 1.09. The van der Waals surface area contributed by atoms with Gasteiger partial charge in [-0.25, -0.2) is 4.98 Å². The molecule has 2 aromatic rings. The molecule has 2 rings (SSSR count). The molecule has 2 aromatic heterocycles. The lowest BCUT2D eigenvalue weighted by molar-refractivity contribution is 0.178. The first-order chi connectivity index (χ1) is 8.61. The van der Waals surface area contributed by atoms with Crippen LogP contribution in [0.25, 0.3) is 0 Å². The van der Waals surface area contributed by atoms with E-state index in [4.69, 9.17) is 4.74 Å². The van der Waals surface area contributed by atoms with Gasteiger partial charge in [-0.2, -0.15) is 10.2 Å². The van der Waals surface area contributed by atoms with Gasteiger partial charge >= 0.3 is 0 Å². The Bertz CT molecular complexity index is 529. The average molecular weight is 249 g/mol. The van der Waals surface area contributed by atoms with Crippen molar-refractivity contribution in [3.05, 3.63) is 28.6 Å². The fourth-order valence-corrected chi connectivity index (χ4v) is 2.06. The Morgan fingerprint density at radius 2 is 2.06 bits per heavy atom. The number of aryl methyl sites for hydroxylation is 3. The fraction of sp³-hybridized carbons (Fsp3) is 0.583. The summed E-state index contributed by atoms with van der Waals surface area (Å²) >= 11 is 0. The topological polar surface area (TPSA) is 68.6 Å². The molecular formula is C12H19N5O. The highest BCUT2D eigenvalue weighted by Gasteiger charge is 2.10. The number of aromatic amines is 1. The summed E-state index contributed by atoms with van der Waals surface area (Å²) < 4.78 is 6.91. The lowest BCUT2D eigenvalue weighted by atomic mass is 10.1. The normalized spacial score (nSPS) is 11.1. The van der Waals surface area contributed by atoms with Crippen LogP contribution in [0.15, 0.2) is 0 Å². The lowest BCUT2D eigenvalue weighted by Gasteiger charge is -1.99. The molecule has 0 aliphatic heterocycles. The first-order valence-electron chi connectivity index (χ1n) is 6.00. The average Bonchev–Trinajstić information content (AvgIpc) is 2.85. The summed E-state index contributed by atoms with van der Waals surface area (Å²) in [4.78, 5) is 4.36. The summed E-state index contributed by atoms with van der Waals surface area (Å²) in [6.07, 6.45) is 1.73. The second-order valence-electron chi connectivity index (χ2n) is 4.40. The molecule has 0 atom stereocenters. The maximum Gasteiger partial charge on any atom is 0.151 e. The van der Waals surface area contributed by atoms with Gasteiger partial charge in [0.2, 0.25) is 0 Å². The van der Waals surface area contributed by atoms with Crippen LogP contribution in [-0.4, -0.2) is 32.1 Å². The van der Waals surface area contributed by atoms with Gasteiger partial charge < -0.3 is 4.74 Å². The minimum atomic E-state index is 0.470. The van der Waals surface area contributed by atoms with Crippen molar-refractivity contribution in [1.29, 1.82) is 0 Å². The van der Waals surface area contributed by atoms with Crippen molar-refractivity contribution in [3.63, 3.8) is 0 Å². The van der Waals surface area contributed by atoms with Crippen LogP contribution >= 0.6 is 0 Å². The maximum absolute atomic E-state index is 5.00. The zero-order chi connectivity index (χ0) is 13.1. The number of nitrogens with zero attached hydrogens (tertiary/aromatic N) is 4. The van der Waals surface area contributed by atoms with Crippen LogP contribution < -0.4 is 0 Å². The second kappa shape index (κ2) is 5.30. The highest BCUT2D eigenvalue weighted by Crippen LogP contribution is 2.14. The largest absolute Gasteiger partial charge is 0.377 e. The zero-order valence-electron chi connectivity index (χ0n) is 11.3. The number of nitrogens with one attached hydrogen (secondary N) is 1. The Labute approximate surface area is 106 Å². The van der Waals surface area contributed by atoms with Crippen LogP contribution in [0.1, 0.15) is 28.6 Å². The Morgan fingerprint density at radius 1 is 1.28 bits per heavy atom. The highest BCUT2D eigenvalue weighted by atomic mass is 16.5. The second-order valence-corrected chi connectivity index (χ2v) is 4.40. The molecule has 18 heavy (non-hydrogen) atoms. The van der Waals surface area contributed by atoms with Gasteiger partial charge in [-0.3, -0.25) is 9.78 Å². The molecular weight excluding hydrogens is 230 g/mol. The molecule has 0 spiro atoms. The van der Waals surface area contributed by atoms with E-state index in [1.54, 1.807) is 7.11 Å². The molecule has 98 valence electrons. The molecule has 0 fully saturated rings. The van der Waals surface area contributed by atoms with Crippen LogP contribution in [0.5, 0.6) is 0 Å². The molecule has 6 heteroatoms. The molecule has 0 bridgehead atoms. The number of H-pyrrole nitrogens is 1. The molecule has 0 amide bonds. The molecule has 0 aliphatic rings. The molecule has 6 nitrogen and oxygen atoms in total. The van der Waals surface area contributed by atoms with Gasteiger partial charge in [0.15, 0.2) is 11.6 Å². The van der Waals surface area contributed by atoms with E-state index in [1.165, 1.54) is 11.3 Å². The van der Waals surface area contributed by atoms with E-state index in [-0.39, 0.29) is 0 Å². The Balaban J connectivity index is 2.02. The van der Waals surface area contributed by atoms with Crippen LogP contribution in [0.4, 0.5) is 0 Å². The summed E-state index contributed by atoms with van der Waals surface area (Å²) in [6.45, 7) is 4.60. The summed E-state index contributed by atoms with van der Waals surface area (Å²) in [5, 5.41) is 11.4. The van der Waals surface area contributed by atoms with Crippen molar-refractivity contribution in [2.24, 2.45) is 7.05 Å². The van der Waals surface area contributed by atoms with E-state index < -0.39 is 0 Å². The maximum atomic E-state index is 5.00. The minimum absolute atomic E-state index is 0.470. The minimum Gasteiger partial charge on any atom is -0.377 e. The van der Waals surface area contributed by atoms with Gasteiger partial charge in [0.1, 0.15) is 6.61 Å². The molecule has 1 N–H and O–H groups in total. The van der Waals surface area contributed by atoms with E-state index in [0.29, 0.717) is 6.61 Å². The number of hydrogen-bond donors (Lipinski definition) is 1. The quantitative estimate of drug-likeness (QED) is 0.861. The fourth-order valence-electron chi connectivity index (χ4n) is 2.06. The van der Waals surface area contributed by atoms with Crippen molar-refractivity contribution in [3.8, 4) is 0 Å². The van der Waals surface area contributed by atoms with E-state index in [9.17, 15) is 0 Å². The number of aromatic nitrogens is 5. The van der Waals surface area contributed by atoms with Crippen molar-refractivity contribution in [2.45, 2.75) is 33.3 Å². The van der Waals surface area contributed by atoms with E-state index in [2.05, 4.69) is 27.2 Å². The molecule has 0 aromatic carbocycles. The molecule has 2 heterocycles. The predicted molar refractivity (Wildman–Crippen MR) is 67.2 cm³/mol. The van der Waals surface area contributed by atoms with Gasteiger partial charge in [0.05, 0.1) is 5.69 Å². The lowest BCUT2D eigenvalue weighted by Crippen LogP contribution is -1.98. The van der Waals surface area contributed by atoms with Crippen molar-refractivity contribution in [2.75, 3.05) is 7.11 Å². The van der Waals surface area contributed by atoms with Crippen LogP contribution in [0, 0.1) is 13.8 Å². The Morgan fingerprint density at radius 3 is 2.67 bits per heavy atom. The summed E-state index contributed by atoms with van der Waals surface area (Å²) in [5.74, 6) is 1.59. The Hall–Kier alpha value is -1.69. The van der Waals surface area contributed by atoms with E-state index >= 15 is 0 Å². The highest BCUT2D eigenvalue weighted by molar-refractivity contribution is 5.24. The first kappa shape index (κ1) is 12.8. The number of hydrogen-bond acceptors (Lipinski definition) is 4. The third kappa shape index (κ3) is 2.59. The third-order valence-electron chi connectivity index (χ3n) is 3.12. The number of ether oxygens (including phenoxy) is 1. The molecule has 0 aliphatic carbocycles. The summed E-state index contributed by atoms with van der Waals surface area (Å²) in [5.41, 5.74) is 3.58. The number of methoxy groups -OCH3 is 1. The number of rotatable bonds is 5. The van der Waals surface area contributed by atoms with E-state index in [0.717, 1.165) is 30.2 Å². The molecule has 0 unspecified atom stereocenters. The summed E-state index contributed by atoms with van der Waals surface area (Å²) in [6, 6.07) is 0. The Kier molecular flexibility index (Phi) is 3.76. The van der Waals surface area contributed by atoms with Gasteiger partial charge in [-0.1, -0.05) is 0 Å². The monoisotopic (exact) mass is 249 g/mol. The van der Waals surface area contributed by atoms with Crippen molar-refractivity contribution < 1.29 is 4.74 Å². The zero-order valence-corrected chi connectivity index (χ0v) is 11.3. The molecule has 0 saturated carbocycles. The van der Waals surface area contributed by atoms with Crippen LogP contribution in [0.3, 0.4) is 0 Å². The van der Waals surface area contributed by atoms with E-state index in [1.807, 2.05) is 18.7 Å². The first-order valence-corrected chi connectivity index (χ1v) is 6.00. The SMILES string of the molecule is COCc1nc(CCc2c(C)nn(C)c2C)n[nH]1.